The second kappa shape index (κ2) is 11.6. The molecule has 0 aliphatic heterocycles. The van der Waals surface area contributed by atoms with Gasteiger partial charge in [0, 0.05) is 38.9 Å². The van der Waals surface area contributed by atoms with Crippen LogP contribution < -0.4 is 4.90 Å². The molecule has 1 aliphatic rings. The lowest BCUT2D eigenvalue weighted by Gasteiger charge is -2.28. The Morgan fingerprint density at radius 3 is 1.94 bits per heavy atom. The quantitative estimate of drug-likeness (QED) is 0.179. The van der Waals surface area contributed by atoms with Gasteiger partial charge in [0.05, 0.1) is 16.4 Å². The van der Waals surface area contributed by atoms with Gasteiger partial charge in [-0.15, -0.1) is 0 Å². The Bertz CT molecular complexity index is 3060. The number of hydrogen-bond acceptors (Lipinski definition) is 2. The highest BCUT2D eigenvalue weighted by atomic mass is 16.3. The van der Waals surface area contributed by atoms with Crippen LogP contribution in [-0.2, 0) is 5.41 Å². The van der Waals surface area contributed by atoms with Gasteiger partial charge < -0.3 is 13.9 Å². The van der Waals surface area contributed by atoms with Crippen molar-refractivity contribution in [2.45, 2.75) is 19.3 Å². The van der Waals surface area contributed by atoms with Gasteiger partial charge in [-0.05, 0) is 112 Å². The number of benzene rings is 8. The van der Waals surface area contributed by atoms with E-state index in [1.54, 1.807) is 0 Å². The molecule has 0 fully saturated rings. The van der Waals surface area contributed by atoms with Crippen molar-refractivity contribution in [3.63, 3.8) is 0 Å². The molecule has 3 heteroatoms. The van der Waals surface area contributed by atoms with Crippen LogP contribution in [0.4, 0.5) is 17.1 Å². The van der Waals surface area contributed by atoms with Gasteiger partial charge in [-0.2, -0.15) is 0 Å². The van der Waals surface area contributed by atoms with Crippen LogP contribution in [0.3, 0.4) is 0 Å². The van der Waals surface area contributed by atoms with Gasteiger partial charge in [0.2, 0.25) is 0 Å². The molecule has 54 heavy (non-hydrogen) atoms. The van der Waals surface area contributed by atoms with Crippen molar-refractivity contribution >= 4 is 60.8 Å². The number of aromatic nitrogens is 1. The summed E-state index contributed by atoms with van der Waals surface area (Å²) in [4.78, 5) is 2.37. The Morgan fingerprint density at radius 1 is 0.444 bits per heavy atom. The van der Waals surface area contributed by atoms with E-state index in [4.69, 9.17) is 4.42 Å². The van der Waals surface area contributed by atoms with Crippen LogP contribution in [-0.4, -0.2) is 4.57 Å². The second-order valence-electron chi connectivity index (χ2n) is 15.0. The van der Waals surface area contributed by atoms with E-state index < -0.39 is 0 Å². The van der Waals surface area contributed by atoms with E-state index in [0.717, 1.165) is 61.3 Å². The molecule has 0 atom stereocenters. The lowest BCUT2D eigenvalue weighted by Crippen LogP contribution is -2.16. The average molecular weight is 693 g/mol. The lowest BCUT2D eigenvalue weighted by molar-refractivity contribution is 0.660. The predicted molar refractivity (Wildman–Crippen MR) is 226 cm³/mol. The lowest BCUT2D eigenvalue weighted by atomic mass is 9.82. The molecule has 256 valence electrons. The van der Waals surface area contributed by atoms with Crippen molar-refractivity contribution in [2.24, 2.45) is 0 Å². The maximum Gasteiger partial charge on any atom is 0.138 e. The van der Waals surface area contributed by atoms with Crippen molar-refractivity contribution in [3.8, 4) is 27.9 Å². The van der Waals surface area contributed by atoms with Crippen molar-refractivity contribution in [3.05, 3.63) is 193 Å². The molecule has 0 radical (unpaired) electrons. The third kappa shape index (κ3) is 4.48. The number of nitrogens with zero attached hydrogens (tertiary/aromatic N) is 2. The van der Waals surface area contributed by atoms with Gasteiger partial charge in [0.15, 0.2) is 0 Å². The highest BCUT2D eigenvalue weighted by Crippen LogP contribution is 2.51. The van der Waals surface area contributed by atoms with Gasteiger partial charge in [-0.25, -0.2) is 0 Å². The van der Waals surface area contributed by atoms with Crippen LogP contribution in [0.25, 0.3) is 71.7 Å². The van der Waals surface area contributed by atoms with E-state index in [-0.39, 0.29) is 5.41 Å². The molecule has 2 aromatic heterocycles. The number of para-hydroxylation sites is 3. The first kappa shape index (κ1) is 30.8. The smallest absolute Gasteiger partial charge is 0.138 e. The summed E-state index contributed by atoms with van der Waals surface area (Å²) in [6, 6.07) is 65.7. The second-order valence-corrected chi connectivity index (χ2v) is 15.0. The summed E-state index contributed by atoms with van der Waals surface area (Å²) >= 11 is 0. The molecule has 3 nitrogen and oxygen atoms in total. The molecule has 0 spiro atoms. The molecule has 0 unspecified atom stereocenters. The van der Waals surface area contributed by atoms with E-state index in [1.165, 1.54) is 38.5 Å². The van der Waals surface area contributed by atoms with Crippen molar-refractivity contribution in [1.82, 2.24) is 4.57 Å². The number of anilines is 3. The first-order valence-electron chi connectivity index (χ1n) is 18.7. The van der Waals surface area contributed by atoms with Crippen LogP contribution in [0.5, 0.6) is 0 Å². The summed E-state index contributed by atoms with van der Waals surface area (Å²) in [5.74, 6) is 0. The van der Waals surface area contributed by atoms with Crippen LogP contribution >= 0.6 is 0 Å². The molecule has 8 aromatic carbocycles. The normalized spacial score (nSPS) is 13.1. The Morgan fingerprint density at radius 2 is 1.11 bits per heavy atom. The van der Waals surface area contributed by atoms with Crippen LogP contribution in [0.2, 0.25) is 0 Å². The van der Waals surface area contributed by atoms with Gasteiger partial charge in [-0.3, -0.25) is 0 Å². The van der Waals surface area contributed by atoms with E-state index in [2.05, 4.69) is 205 Å². The minimum atomic E-state index is -0.0858. The van der Waals surface area contributed by atoms with E-state index in [9.17, 15) is 0 Å². The minimum absolute atomic E-state index is 0.0858. The average Bonchev–Trinajstić information content (AvgIpc) is 3.61. The molecule has 0 amide bonds. The van der Waals surface area contributed by atoms with Gasteiger partial charge in [-0.1, -0.05) is 123 Å². The number of hydrogen-bond donors (Lipinski definition) is 0. The van der Waals surface area contributed by atoms with E-state index in [0.29, 0.717) is 0 Å². The highest BCUT2D eigenvalue weighted by molar-refractivity contribution is 6.27. The number of rotatable bonds is 5. The maximum absolute atomic E-state index is 6.86. The van der Waals surface area contributed by atoms with Gasteiger partial charge >= 0.3 is 0 Å². The Hall–Kier alpha value is -6.84. The molecular formula is C51H36N2O. The maximum atomic E-state index is 6.86. The van der Waals surface area contributed by atoms with Gasteiger partial charge in [0.25, 0.3) is 0 Å². The largest absolute Gasteiger partial charge is 0.456 e. The van der Waals surface area contributed by atoms with Crippen LogP contribution in [0.15, 0.2) is 186 Å². The Balaban J connectivity index is 1.09. The SMILES string of the molecule is CC1(C)c2ccccc2-c2ccc(N(c3ccccc3)c3ccc(-c4cc5oc6ccccc6c6cccc7c6c5c(c4)n7-c4ccccc4)cc3)cc21. The Kier molecular flexibility index (Phi) is 6.60. The third-order valence-corrected chi connectivity index (χ3v) is 11.6. The topological polar surface area (TPSA) is 21.3 Å². The third-order valence-electron chi connectivity index (χ3n) is 11.6. The molecule has 0 N–H and O–H groups in total. The predicted octanol–water partition coefficient (Wildman–Crippen LogP) is 14.1. The van der Waals surface area contributed by atoms with Crippen molar-refractivity contribution in [2.75, 3.05) is 4.90 Å². The fourth-order valence-electron chi connectivity index (χ4n) is 9.03. The van der Waals surface area contributed by atoms with Gasteiger partial charge in [0.1, 0.15) is 11.2 Å². The Labute approximate surface area is 314 Å². The zero-order valence-corrected chi connectivity index (χ0v) is 30.1. The first-order chi connectivity index (χ1) is 26.5. The summed E-state index contributed by atoms with van der Waals surface area (Å²) in [6.07, 6.45) is 0. The zero-order chi connectivity index (χ0) is 36.0. The van der Waals surface area contributed by atoms with E-state index in [1.807, 2.05) is 0 Å². The van der Waals surface area contributed by atoms with Crippen molar-refractivity contribution in [1.29, 1.82) is 0 Å². The summed E-state index contributed by atoms with van der Waals surface area (Å²) < 4.78 is 9.25. The fourth-order valence-corrected chi connectivity index (χ4v) is 9.03. The molecule has 10 aromatic rings. The summed E-state index contributed by atoms with van der Waals surface area (Å²) in [5.41, 5.74) is 16.1. The van der Waals surface area contributed by atoms with Crippen LogP contribution in [0, 0.1) is 0 Å². The number of fused-ring (bicyclic) bond motifs is 5. The molecule has 0 saturated carbocycles. The summed E-state index contributed by atoms with van der Waals surface area (Å²) in [7, 11) is 0. The highest BCUT2D eigenvalue weighted by Gasteiger charge is 2.35. The molecule has 1 aliphatic carbocycles. The molecule has 0 saturated heterocycles. The molecular weight excluding hydrogens is 657 g/mol. The molecule has 11 rings (SSSR count). The summed E-state index contributed by atoms with van der Waals surface area (Å²) in [6.45, 7) is 4.69. The standard InChI is InChI=1S/C51H36N2O/c1-51(2)43-21-11-9-18-39(43)40-29-28-38(32-44(40)51)52(35-14-5-3-6-15-35)37-26-24-33(25-27-37)34-30-46-50-48(31-34)54-47-23-12-10-19-41(47)42-20-13-22-45(49(42)50)53(46)36-16-7-4-8-17-36/h3-32H,1-2H3. The molecule has 2 heterocycles. The zero-order valence-electron chi connectivity index (χ0n) is 30.1. The minimum Gasteiger partial charge on any atom is -0.456 e. The van der Waals surface area contributed by atoms with Crippen LogP contribution in [0.1, 0.15) is 25.0 Å². The fraction of sp³-hybridized carbons (Fsp3) is 0.0588. The first-order valence-corrected chi connectivity index (χ1v) is 18.7. The summed E-state index contributed by atoms with van der Waals surface area (Å²) in [5, 5.41) is 4.66. The van der Waals surface area contributed by atoms with Crippen molar-refractivity contribution < 1.29 is 4.42 Å². The van der Waals surface area contributed by atoms with E-state index >= 15 is 0 Å². The monoisotopic (exact) mass is 692 g/mol. The molecule has 0 bridgehead atoms.